The molecule has 182 valence electrons. The maximum absolute atomic E-state index is 6.50. The van der Waals surface area contributed by atoms with Crippen molar-refractivity contribution >= 4 is 23.1 Å². The summed E-state index contributed by atoms with van der Waals surface area (Å²) in [7, 11) is 0. The molecular formula is C36H29BO. The summed E-state index contributed by atoms with van der Waals surface area (Å²) in [6, 6.07) is 37.8. The fourth-order valence-electron chi connectivity index (χ4n) is 7.78. The lowest BCUT2D eigenvalue weighted by Gasteiger charge is -2.36. The number of hydrogen-bond acceptors (Lipinski definition) is 1. The lowest BCUT2D eigenvalue weighted by atomic mass is 9.33. The van der Waals surface area contributed by atoms with Crippen molar-refractivity contribution in [2.45, 2.75) is 38.5 Å². The quantitative estimate of drug-likeness (QED) is 0.228. The van der Waals surface area contributed by atoms with Crippen molar-refractivity contribution < 1.29 is 4.74 Å². The van der Waals surface area contributed by atoms with Crippen LogP contribution in [-0.2, 0) is 10.8 Å². The number of para-hydroxylation sites is 2. The summed E-state index contributed by atoms with van der Waals surface area (Å²) in [6.45, 7) is 9.75. The molecule has 5 aromatic carbocycles. The summed E-state index contributed by atoms with van der Waals surface area (Å²) < 4.78 is 6.50. The molecule has 0 saturated carbocycles. The van der Waals surface area contributed by atoms with Crippen molar-refractivity contribution in [3.8, 4) is 33.8 Å². The molecule has 0 fully saturated rings. The number of rotatable bonds is 1. The minimum Gasteiger partial charge on any atom is -0.458 e. The van der Waals surface area contributed by atoms with Gasteiger partial charge in [0, 0.05) is 10.8 Å². The van der Waals surface area contributed by atoms with Gasteiger partial charge in [-0.3, -0.25) is 0 Å². The van der Waals surface area contributed by atoms with Crippen LogP contribution in [0.5, 0.6) is 11.5 Å². The largest absolute Gasteiger partial charge is 0.458 e. The lowest BCUT2D eigenvalue weighted by Crippen LogP contribution is -2.58. The van der Waals surface area contributed by atoms with Crippen LogP contribution >= 0.6 is 0 Å². The molecule has 0 N–H and O–H groups in total. The monoisotopic (exact) mass is 488 g/mol. The zero-order chi connectivity index (χ0) is 25.8. The molecule has 1 nitrogen and oxygen atoms in total. The highest BCUT2D eigenvalue weighted by Crippen LogP contribution is 2.55. The van der Waals surface area contributed by atoms with Gasteiger partial charge in [0.1, 0.15) is 11.5 Å². The molecule has 0 amide bonds. The van der Waals surface area contributed by atoms with Gasteiger partial charge in [-0.05, 0) is 73.6 Å². The first-order valence-electron chi connectivity index (χ1n) is 13.7. The third-order valence-electron chi connectivity index (χ3n) is 9.37. The molecular weight excluding hydrogens is 459 g/mol. The van der Waals surface area contributed by atoms with Gasteiger partial charge in [-0.25, -0.2) is 0 Å². The Hall–Kier alpha value is -4.04. The van der Waals surface area contributed by atoms with Gasteiger partial charge in [0.2, 0.25) is 0 Å². The predicted octanol–water partition coefficient (Wildman–Crippen LogP) is 6.92. The Morgan fingerprint density at radius 2 is 0.921 bits per heavy atom. The van der Waals surface area contributed by atoms with E-state index in [0.29, 0.717) is 0 Å². The van der Waals surface area contributed by atoms with Gasteiger partial charge in [0.15, 0.2) is 0 Å². The van der Waals surface area contributed by atoms with Crippen LogP contribution < -0.4 is 21.1 Å². The van der Waals surface area contributed by atoms with Crippen LogP contribution in [0.2, 0.25) is 0 Å². The highest BCUT2D eigenvalue weighted by molar-refractivity contribution is 6.97. The van der Waals surface area contributed by atoms with Crippen molar-refractivity contribution in [2.24, 2.45) is 0 Å². The van der Waals surface area contributed by atoms with Crippen LogP contribution in [0.15, 0.2) is 103 Å². The van der Waals surface area contributed by atoms with E-state index in [0.717, 1.165) is 11.5 Å². The standard InChI is InChI=1S/C36H29BO/c1-35(2)26-15-7-5-13-22(26)24-21-25-23-14-6-8-16-27(23)36(3,4)33(25)34(32(24)35)37-28-17-9-11-19-30(28)38-31-20-12-10-18-29(31)37/h5-21H,1-4H3. The van der Waals surface area contributed by atoms with Gasteiger partial charge in [-0.15, -0.1) is 0 Å². The normalized spacial score (nSPS) is 16.5. The minimum atomic E-state index is -0.122. The van der Waals surface area contributed by atoms with Crippen molar-refractivity contribution in [3.63, 3.8) is 0 Å². The van der Waals surface area contributed by atoms with Crippen LogP contribution in [0.4, 0.5) is 0 Å². The second-order valence-electron chi connectivity index (χ2n) is 12.1. The molecule has 38 heavy (non-hydrogen) atoms. The zero-order valence-corrected chi connectivity index (χ0v) is 22.3. The van der Waals surface area contributed by atoms with E-state index in [1.807, 2.05) is 0 Å². The first kappa shape index (κ1) is 22.0. The molecule has 0 bridgehead atoms. The highest BCUT2D eigenvalue weighted by atomic mass is 16.5. The fraction of sp³-hybridized carbons (Fsp3) is 0.167. The SMILES string of the molecule is CC1(C)c2ccccc2-c2cc3c(c(B4c5ccccc5Oc5ccccc54)c21)C(C)(C)c1ccccc1-3. The van der Waals surface area contributed by atoms with E-state index in [4.69, 9.17) is 4.74 Å². The van der Waals surface area contributed by atoms with E-state index >= 15 is 0 Å². The minimum absolute atomic E-state index is 0.0852. The van der Waals surface area contributed by atoms with Gasteiger partial charge < -0.3 is 4.74 Å². The van der Waals surface area contributed by atoms with E-state index in [2.05, 4.69) is 131 Å². The Bertz CT molecular complexity index is 1680. The van der Waals surface area contributed by atoms with E-state index in [1.54, 1.807) is 0 Å². The third kappa shape index (κ3) is 2.63. The molecule has 5 aromatic rings. The zero-order valence-electron chi connectivity index (χ0n) is 22.3. The van der Waals surface area contributed by atoms with Crippen molar-refractivity contribution in [3.05, 3.63) is 125 Å². The Labute approximate surface area is 225 Å². The van der Waals surface area contributed by atoms with E-state index in [1.165, 1.54) is 60.9 Å². The van der Waals surface area contributed by atoms with Crippen LogP contribution in [0, 0.1) is 0 Å². The molecule has 8 rings (SSSR count). The molecule has 2 aliphatic carbocycles. The second kappa shape index (κ2) is 7.29. The van der Waals surface area contributed by atoms with Gasteiger partial charge in [0.25, 0.3) is 6.71 Å². The summed E-state index contributed by atoms with van der Waals surface area (Å²) in [5.41, 5.74) is 15.0. The number of fused-ring (bicyclic) bond motifs is 8. The maximum atomic E-state index is 6.50. The molecule has 0 unspecified atom stereocenters. The Morgan fingerprint density at radius 3 is 1.42 bits per heavy atom. The smallest absolute Gasteiger partial charge is 0.251 e. The fourth-order valence-corrected chi connectivity index (χ4v) is 7.78. The summed E-state index contributed by atoms with van der Waals surface area (Å²) in [5, 5.41) is 0. The van der Waals surface area contributed by atoms with Crippen LogP contribution in [0.3, 0.4) is 0 Å². The molecule has 3 aliphatic rings. The van der Waals surface area contributed by atoms with Crippen LogP contribution in [-0.4, -0.2) is 6.71 Å². The molecule has 0 atom stereocenters. The summed E-state index contributed by atoms with van der Waals surface area (Å²) in [6.07, 6.45) is 0. The van der Waals surface area contributed by atoms with Crippen LogP contribution in [0.1, 0.15) is 49.9 Å². The first-order chi connectivity index (χ1) is 18.4. The predicted molar refractivity (Wildman–Crippen MR) is 159 cm³/mol. The number of benzene rings is 5. The first-order valence-corrected chi connectivity index (χ1v) is 13.7. The number of hydrogen-bond donors (Lipinski definition) is 0. The van der Waals surface area contributed by atoms with E-state index < -0.39 is 0 Å². The van der Waals surface area contributed by atoms with Crippen molar-refractivity contribution in [1.82, 2.24) is 0 Å². The van der Waals surface area contributed by atoms with Gasteiger partial charge >= 0.3 is 0 Å². The van der Waals surface area contributed by atoms with Gasteiger partial charge in [0.05, 0.1) is 0 Å². The average Bonchev–Trinajstić information content (AvgIpc) is 3.31. The Kier molecular flexibility index (Phi) is 4.22. The highest BCUT2D eigenvalue weighted by Gasteiger charge is 2.48. The van der Waals surface area contributed by atoms with E-state index in [-0.39, 0.29) is 17.5 Å². The summed E-state index contributed by atoms with van der Waals surface area (Å²) in [5.74, 6) is 1.92. The molecule has 2 heteroatoms. The van der Waals surface area contributed by atoms with E-state index in [9.17, 15) is 0 Å². The topological polar surface area (TPSA) is 9.23 Å². The van der Waals surface area contributed by atoms with Crippen molar-refractivity contribution in [2.75, 3.05) is 0 Å². The van der Waals surface area contributed by atoms with Gasteiger partial charge in [-0.1, -0.05) is 118 Å². The molecule has 1 heterocycles. The van der Waals surface area contributed by atoms with Gasteiger partial charge in [-0.2, -0.15) is 0 Å². The number of ether oxygens (including phenoxy) is 1. The Balaban J connectivity index is 1.58. The molecule has 0 spiro atoms. The second-order valence-corrected chi connectivity index (χ2v) is 12.1. The molecule has 1 aliphatic heterocycles. The van der Waals surface area contributed by atoms with Crippen LogP contribution in [0.25, 0.3) is 22.3 Å². The molecule has 0 aromatic heterocycles. The maximum Gasteiger partial charge on any atom is 0.251 e. The molecule has 0 radical (unpaired) electrons. The average molecular weight is 488 g/mol. The summed E-state index contributed by atoms with van der Waals surface area (Å²) in [4.78, 5) is 0. The molecule has 0 saturated heterocycles. The third-order valence-corrected chi connectivity index (χ3v) is 9.37. The summed E-state index contributed by atoms with van der Waals surface area (Å²) >= 11 is 0. The lowest BCUT2D eigenvalue weighted by molar-refractivity contribution is 0.487. The Morgan fingerprint density at radius 1 is 0.500 bits per heavy atom. The van der Waals surface area contributed by atoms with Crippen molar-refractivity contribution in [1.29, 1.82) is 0 Å².